The van der Waals surface area contributed by atoms with Crippen LogP contribution in [0.3, 0.4) is 0 Å². The van der Waals surface area contributed by atoms with E-state index >= 15 is 0 Å². The molecule has 0 bridgehead atoms. The number of nitrogens with zero attached hydrogens (tertiary/aromatic N) is 1. The number of carboxylic acid groups (broad SMARTS) is 1. The Bertz CT molecular complexity index is 697. The van der Waals surface area contributed by atoms with Gasteiger partial charge < -0.3 is 10.4 Å². The maximum atomic E-state index is 12.4. The van der Waals surface area contributed by atoms with Crippen LogP contribution in [0.1, 0.15) is 29.9 Å². The van der Waals surface area contributed by atoms with E-state index in [1.807, 2.05) is 25.1 Å². The van der Waals surface area contributed by atoms with E-state index in [-0.39, 0.29) is 5.91 Å². The predicted molar refractivity (Wildman–Crippen MR) is 80.2 cm³/mol. The quantitative estimate of drug-likeness (QED) is 0.904. The third-order valence-electron chi connectivity index (χ3n) is 3.60. The first-order valence-corrected chi connectivity index (χ1v) is 6.80. The van der Waals surface area contributed by atoms with E-state index in [1.165, 1.54) is 0 Å². The number of pyridine rings is 1. The predicted octanol–water partition coefficient (Wildman–Crippen LogP) is 2.38. The van der Waals surface area contributed by atoms with Crippen molar-refractivity contribution >= 4 is 22.8 Å². The average molecular weight is 286 g/mol. The molecular weight excluding hydrogens is 268 g/mol. The van der Waals surface area contributed by atoms with Gasteiger partial charge in [0.2, 0.25) is 0 Å². The van der Waals surface area contributed by atoms with E-state index in [0.717, 1.165) is 11.1 Å². The highest BCUT2D eigenvalue weighted by Gasteiger charge is 2.22. The Morgan fingerprint density at radius 2 is 1.90 bits per heavy atom. The topological polar surface area (TPSA) is 79.3 Å². The number of carboxylic acids is 1. The highest BCUT2D eigenvalue weighted by atomic mass is 16.4. The van der Waals surface area contributed by atoms with Gasteiger partial charge in [0, 0.05) is 17.1 Å². The van der Waals surface area contributed by atoms with Gasteiger partial charge in [-0.25, -0.2) is 0 Å². The number of benzene rings is 1. The highest BCUT2D eigenvalue weighted by Crippen LogP contribution is 2.17. The molecule has 0 saturated carbocycles. The number of fused-ring (bicyclic) bond motifs is 1. The molecule has 5 heteroatoms. The lowest BCUT2D eigenvalue weighted by atomic mass is 10.0. The Morgan fingerprint density at radius 1 is 1.19 bits per heavy atom. The van der Waals surface area contributed by atoms with Gasteiger partial charge in [-0.3, -0.25) is 14.6 Å². The molecule has 2 atom stereocenters. The smallest absolute Gasteiger partial charge is 0.308 e. The summed E-state index contributed by atoms with van der Waals surface area (Å²) in [4.78, 5) is 27.7. The fourth-order valence-corrected chi connectivity index (χ4v) is 2.05. The second kappa shape index (κ2) is 5.91. The molecule has 110 valence electrons. The summed E-state index contributed by atoms with van der Waals surface area (Å²) in [5, 5.41) is 12.6. The Hall–Kier alpha value is -2.43. The summed E-state index contributed by atoms with van der Waals surface area (Å²) in [5.74, 6) is -1.90. The second-order valence-corrected chi connectivity index (χ2v) is 5.22. The summed E-state index contributed by atoms with van der Waals surface area (Å²) in [6.07, 6.45) is 0. The first kappa shape index (κ1) is 15.0. The number of hydrogen-bond donors (Lipinski definition) is 2. The van der Waals surface area contributed by atoms with Crippen LogP contribution in [0.5, 0.6) is 0 Å². The van der Waals surface area contributed by atoms with E-state index in [1.54, 1.807) is 26.0 Å². The van der Waals surface area contributed by atoms with Crippen LogP contribution in [-0.2, 0) is 4.79 Å². The van der Waals surface area contributed by atoms with Crippen LogP contribution in [0, 0.1) is 12.8 Å². The number of aromatic nitrogens is 1. The van der Waals surface area contributed by atoms with Gasteiger partial charge in [0.05, 0.1) is 17.0 Å². The average Bonchev–Trinajstić information content (AvgIpc) is 2.45. The Labute approximate surface area is 123 Å². The maximum Gasteiger partial charge on any atom is 0.308 e. The van der Waals surface area contributed by atoms with Gasteiger partial charge >= 0.3 is 5.97 Å². The van der Waals surface area contributed by atoms with Crippen molar-refractivity contribution in [3.63, 3.8) is 0 Å². The normalized spacial score (nSPS) is 13.7. The number of hydrogen-bond acceptors (Lipinski definition) is 3. The van der Waals surface area contributed by atoms with Gasteiger partial charge in [-0.1, -0.05) is 18.2 Å². The van der Waals surface area contributed by atoms with Crippen LogP contribution >= 0.6 is 0 Å². The van der Waals surface area contributed by atoms with Crippen molar-refractivity contribution in [3.05, 3.63) is 41.6 Å². The van der Waals surface area contributed by atoms with Crippen molar-refractivity contribution in [2.45, 2.75) is 26.8 Å². The summed E-state index contributed by atoms with van der Waals surface area (Å²) in [6, 6.07) is 8.72. The fourth-order valence-electron chi connectivity index (χ4n) is 2.05. The zero-order valence-corrected chi connectivity index (χ0v) is 12.3. The van der Waals surface area contributed by atoms with Crippen molar-refractivity contribution < 1.29 is 14.7 Å². The molecule has 2 aromatic rings. The molecule has 0 aliphatic carbocycles. The van der Waals surface area contributed by atoms with Crippen molar-refractivity contribution in [3.8, 4) is 0 Å². The number of carbonyl (C=O) groups is 2. The molecule has 0 fully saturated rings. The third-order valence-corrected chi connectivity index (χ3v) is 3.60. The number of aliphatic carboxylic acids is 1. The second-order valence-electron chi connectivity index (χ2n) is 5.22. The maximum absolute atomic E-state index is 12.4. The minimum Gasteiger partial charge on any atom is -0.481 e. The SMILES string of the molecule is Cc1ccc2cccc(C(=O)NC(C)C(C)C(=O)O)c2n1. The first-order chi connectivity index (χ1) is 9.90. The molecule has 1 aromatic heterocycles. The van der Waals surface area contributed by atoms with Crippen LogP contribution in [0.2, 0.25) is 0 Å². The standard InChI is InChI=1S/C16H18N2O3/c1-9-7-8-12-5-4-6-13(14(12)17-9)15(19)18-11(3)10(2)16(20)21/h4-8,10-11H,1-3H3,(H,18,19)(H,20,21). The summed E-state index contributed by atoms with van der Waals surface area (Å²) >= 11 is 0. The van der Waals surface area contributed by atoms with Crippen LogP contribution in [0.25, 0.3) is 10.9 Å². The minimum absolute atomic E-state index is 0.306. The molecule has 0 saturated heterocycles. The Kier molecular flexibility index (Phi) is 4.21. The zero-order valence-electron chi connectivity index (χ0n) is 12.3. The van der Waals surface area contributed by atoms with E-state index in [2.05, 4.69) is 10.3 Å². The van der Waals surface area contributed by atoms with Crippen LogP contribution < -0.4 is 5.32 Å². The Balaban J connectivity index is 2.31. The molecule has 0 spiro atoms. The number of aryl methyl sites for hydroxylation is 1. The number of amides is 1. The first-order valence-electron chi connectivity index (χ1n) is 6.80. The van der Waals surface area contributed by atoms with Crippen molar-refractivity contribution in [2.24, 2.45) is 5.92 Å². The molecule has 1 aromatic carbocycles. The van der Waals surface area contributed by atoms with E-state index in [0.29, 0.717) is 11.1 Å². The van der Waals surface area contributed by atoms with Gasteiger partial charge in [0.25, 0.3) is 5.91 Å². The van der Waals surface area contributed by atoms with Crippen LogP contribution in [0.15, 0.2) is 30.3 Å². The monoisotopic (exact) mass is 286 g/mol. The molecule has 0 radical (unpaired) electrons. The molecule has 0 aliphatic heterocycles. The van der Waals surface area contributed by atoms with E-state index in [9.17, 15) is 9.59 Å². The van der Waals surface area contributed by atoms with Crippen LogP contribution in [-0.4, -0.2) is 28.0 Å². The lowest BCUT2D eigenvalue weighted by Crippen LogP contribution is -2.40. The van der Waals surface area contributed by atoms with Crippen molar-refractivity contribution in [1.29, 1.82) is 0 Å². The van der Waals surface area contributed by atoms with Gasteiger partial charge in [-0.2, -0.15) is 0 Å². The molecule has 0 aliphatic rings. The number of carbonyl (C=O) groups excluding carboxylic acids is 1. The number of para-hydroxylation sites is 1. The van der Waals surface area contributed by atoms with Crippen molar-refractivity contribution in [2.75, 3.05) is 0 Å². The zero-order chi connectivity index (χ0) is 15.6. The molecule has 1 heterocycles. The molecule has 21 heavy (non-hydrogen) atoms. The van der Waals surface area contributed by atoms with Crippen molar-refractivity contribution in [1.82, 2.24) is 10.3 Å². The summed E-state index contributed by atoms with van der Waals surface area (Å²) in [6.45, 7) is 5.11. The minimum atomic E-state index is -0.935. The molecule has 5 nitrogen and oxygen atoms in total. The molecule has 1 amide bonds. The lowest BCUT2D eigenvalue weighted by molar-refractivity contribution is -0.141. The fraction of sp³-hybridized carbons (Fsp3) is 0.312. The van der Waals surface area contributed by atoms with Gasteiger partial charge in [-0.15, -0.1) is 0 Å². The Morgan fingerprint density at radius 3 is 2.57 bits per heavy atom. The molecule has 2 unspecified atom stereocenters. The van der Waals surface area contributed by atoms with Gasteiger partial charge in [-0.05, 0) is 32.9 Å². The van der Waals surface area contributed by atoms with E-state index in [4.69, 9.17) is 5.11 Å². The number of nitrogens with one attached hydrogen (secondary N) is 1. The third kappa shape index (κ3) is 3.18. The van der Waals surface area contributed by atoms with Gasteiger partial charge in [0.15, 0.2) is 0 Å². The summed E-state index contributed by atoms with van der Waals surface area (Å²) < 4.78 is 0. The summed E-state index contributed by atoms with van der Waals surface area (Å²) in [7, 11) is 0. The van der Waals surface area contributed by atoms with E-state index < -0.39 is 17.9 Å². The summed E-state index contributed by atoms with van der Waals surface area (Å²) in [5.41, 5.74) is 1.92. The number of rotatable bonds is 4. The van der Waals surface area contributed by atoms with Crippen LogP contribution in [0.4, 0.5) is 0 Å². The molecule has 2 rings (SSSR count). The highest BCUT2D eigenvalue weighted by molar-refractivity contribution is 6.05. The largest absolute Gasteiger partial charge is 0.481 e. The van der Waals surface area contributed by atoms with Gasteiger partial charge in [0.1, 0.15) is 0 Å². The molecular formula is C16H18N2O3. The molecule has 2 N–H and O–H groups in total. The lowest BCUT2D eigenvalue weighted by Gasteiger charge is -2.18.